The van der Waals surface area contributed by atoms with Crippen molar-refractivity contribution in [3.63, 3.8) is 0 Å². The molecule has 0 saturated heterocycles. The Morgan fingerprint density at radius 1 is 1.19 bits per heavy atom. The molecule has 0 spiro atoms. The third-order valence-electron chi connectivity index (χ3n) is 4.03. The lowest BCUT2D eigenvalue weighted by Crippen LogP contribution is -2.31. The molecule has 0 saturated carbocycles. The molecule has 0 unspecified atom stereocenters. The summed E-state index contributed by atoms with van der Waals surface area (Å²) in [4.78, 5) is 19.2. The van der Waals surface area contributed by atoms with Gasteiger partial charge in [-0.05, 0) is 48.0 Å². The zero-order valence-electron chi connectivity index (χ0n) is 14.1. The Morgan fingerprint density at radius 2 is 2.00 bits per heavy atom. The fourth-order valence-corrected chi connectivity index (χ4v) is 3.95. The van der Waals surface area contributed by atoms with Gasteiger partial charge in [0.15, 0.2) is 5.13 Å². The van der Waals surface area contributed by atoms with Crippen LogP contribution in [0.2, 0.25) is 5.02 Å². The fraction of sp³-hybridized carbons (Fsp3) is 0.100. The minimum Gasteiger partial charge on any atom is -0.467 e. The van der Waals surface area contributed by atoms with Gasteiger partial charge in [0.05, 0.1) is 29.4 Å². The number of hydrogen-bond donors (Lipinski definition) is 0. The second-order valence-corrected chi connectivity index (χ2v) is 7.42. The SMILES string of the molecule is O=C(Cc1ccc(F)cc1)N(Cc1ccco1)c1nc2ccc(Cl)cc2s1. The summed E-state index contributed by atoms with van der Waals surface area (Å²) in [5.74, 6) is 0.171. The highest BCUT2D eigenvalue weighted by Gasteiger charge is 2.21. The number of fused-ring (bicyclic) bond motifs is 1. The van der Waals surface area contributed by atoms with Gasteiger partial charge < -0.3 is 4.42 Å². The minimum absolute atomic E-state index is 0.137. The molecule has 1 amide bonds. The number of furan rings is 1. The number of carbonyl (C=O) groups excluding carboxylic acids is 1. The van der Waals surface area contributed by atoms with Gasteiger partial charge in [0.25, 0.3) is 0 Å². The van der Waals surface area contributed by atoms with Gasteiger partial charge in [0.1, 0.15) is 11.6 Å². The van der Waals surface area contributed by atoms with Crippen LogP contribution in [0.25, 0.3) is 10.2 Å². The maximum absolute atomic E-state index is 13.1. The van der Waals surface area contributed by atoms with Gasteiger partial charge in [-0.25, -0.2) is 9.37 Å². The molecule has 0 aliphatic carbocycles. The number of aromatic nitrogens is 1. The van der Waals surface area contributed by atoms with Crippen LogP contribution in [0.3, 0.4) is 0 Å². The molecule has 0 N–H and O–H groups in total. The predicted octanol–water partition coefficient (Wildman–Crippen LogP) is 5.46. The second-order valence-electron chi connectivity index (χ2n) is 5.97. The number of carbonyl (C=O) groups is 1. The van der Waals surface area contributed by atoms with E-state index in [4.69, 9.17) is 16.0 Å². The first-order chi connectivity index (χ1) is 13.1. The standard InChI is InChI=1S/C20H14ClFN2O2S/c21-14-5-8-17-18(11-14)27-20(23-17)24(12-16-2-1-9-26-16)19(25)10-13-3-6-15(22)7-4-13/h1-9,11H,10,12H2. The average molecular weight is 401 g/mol. The first kappa shape index (κ1) is 17.7. The van der Waals surface area contributed by atoms with Gasteiger partial charge in [-0.15, -0.1) is 0 Å². The minimum atomic E-state index is -0.332. The molecule has 0 radical (unpaired) electrons. The van der Waals surface area contributed by atoms with Gasteiger partial charge in [0, 0.05) is 5.02 Å². The fourth-order valence-electron chi connectivity index (χ4n) is 2.69. The van der Waals surface area contributed by atoms with E-state index in [2.05, 4.69) is 4.98 Å². The lowest BCUT2D eigenvalue weighted by molar-refractivity contribution is -0.118. The van der Waals surface area contributed by atoms with E-state index in [1.54, 1.807) is 35.4 Å². The van der Waals surface area contributed by atoms with Crippen molar-refractivity contribution in [1.82, 2.24) is 4.98 Å². The Morgan fingerprint density at radius 3 is 2.74 bits per heavy atom. The van der Waals surface area contributed by atoms with Crippen molar-refractivity contribution in [1.29, 1.82) is 0 Å². The molecule has 4 aromatic rings. The predicted molar refractivity (Wildman–Crippen MR) is 105 cm³/mol. The molecule has 2 aromatic heterocycles. The van der Waals surface area contributed by atoms with Crippen molar-refractivity contribution in [3.05, 3.63) is 83.0 Å². The number of benzene rings is 2. The summed E-state index contributed by atoms with van der Waals surface area (Å²) in [6.45, 7) is 0.264. The van der Waals surface area contributed by atoms with Gasteiger partial charge in [0.2, 0.25) is 5.91 Å². The van der Waals surface area contributed by atoms with Crippen LogP contribution in [0.5, 0.6) is 0 Å². The van der Waals surface area contributed by atoms with E-state index in [0.717, 1.165) is 15.8 Å². The van der Waals surface area contributed by atoms with Crippen molar-refractivity contribution in [2.24, 2.45) is 0 Å². The summed E-state index contributed by atoms with van der Waals surface area (Å²) in [5.41, 5.74) is 1.51. The van der Waals surface area contributed by atoms with E-state index in [1.807, 2.05) is 18.2 Å². The molecular weight excluding hydrogens is 387 g/mol. The summed E-state index contributed by atoms with van der Waals surface area (Å²) in [7, 11) is 0. The Labute approximate surface area is 163 Å². The van der Waals surface area contributed by atoms with Gasteiger partial charge in [-0.3, -0.25) is 9.69 Å². The highest BCUT2D eigenvalue weighted by molar-refractivity contribution is 7.22. The molecule has 136 valence electrons. The van der Waals surface area contributed by atoms with Gasteiger partial charge >= 0.3 is 0 Å². The van der Waals surface area contributed by atoms with E-state index < -0.39 is 0 Å². The van der Waals surface area contributed by atoms with E-state index in [1.165, 1.54) is 23.5 Å². The summed E-state index contributed by atoms with van der Waals surface area (Å²) >= 11 is 7.45. The van der Waals surface area contributed by atoms with Crippen LogP contribution in [0.1, 0.15) is 11.3 Å². The Bertz CT molecular complexity index is 1080. The van der Waals surface area contributed by atoms with Gasteiger partial charge in [-0.1, -0.05) is 35.1 Å². The van der Waals surface area contributed by atoms with Crippen molar-refractivity contribution in [2.75, 3.05) is 4.90 Å². The number of thiazole rings is 1. The van der Waals surface area contributed by atoms with Crippen LogP contribution in [0, 0.1) is 5.82 Å². The molecule has 27 heavy (non-hydrogen) atoms. The lowest BCUT2D eigenvalue weighted by Gasteiger charge is -2.18. The summed E-state index contributed by atoms with van der Waals surface area (Å²) in [6.07, 6.45) is 1.70. The maximum atomic E-state index is 13.1. The smallest absolute Gasteiger partial charge is 0.233 e. The quantitative estimate of drug-likeness (QED) is 0.447. The van der Waals surface area contributed by atoms with Crippen LogP contribution in [0.4, 0.5) is 9.52 Å². The molecule has 2 aromatic carbocycles. The average Bonchev–Trinajstić information content (AvgIpc) is 3.30. The number of halogens is 2. The third kappa shape index (κ3) is 4.02. The number of rotatable bonds is 5. The molecule has 7 heteroatoms. The number of hydrogen-bond acceptors (Lipinski definition) is 4. The number of amides is 1. The molecule has 0 fully saturated rings. The first-order valence-corrected chi connectivity index (χ1v) is 9.41. The van der Waals surface area contributed by atoms with Crippen LogP contribution >= 0.6 is 22.9 Å². The van der Waals surface area contributed by atoms with E-state index in [0.29, 0.717) is 15.9 Å². The Hall–Kier alpha value is -2.70. The monoisotopic (exact) mass is 400 g/mol. The highest BCUT2D eigenvalue weighted by atomic mass is 35.5. The van der Waals surface area contributed by atoms with Crippen LogP contribution in [-0.4, -0.2) is 10.9 Å². The molecule has 0 aliphatic rings. The van der Waals surface area contributed by atoms with Crippen LogP contribution in [0.15, 0.2) is 65.3 Å². The largest absolute Gasteiger partial charge is 0.467 e. The zero-order chi connectivity index (χ0) is 18.8. The van der Waals surface area contributed by atoms with Crippen molar-refractivity contribution in [3.8, 4) is 0 Å². The van der Waals surface area contributed by atoms with E-state index in [9.17, 15) is 9.18 Å². The zero-order valence-corrected chi connectivity index (χ0v) is 15.6. The molecule has 2 heterocycles. The molecule has 0 bridgehead atoms. The maximum Gasteiger partial charge on any atom is 0.233 e. The summed E-state index contributed by atoms with van der Waals surface area (Å²) in [6, 6.07) is 14.9. The lowest BCUT2D eigenvalue weighted by atomic mass is 10.1. The normalized spacial score (nSPS) is 11.0. The Balaban J connectivity index is 1.66. The highest BCUT2D eigenvalue weighted by Crippen LogP contribution is 2.32. The van der Waals surface area contributed by atoms with Gasteiger partial charge in [-0.2, -0.15) is 0 Å². The van der Waals surface area contributed by atoms with Crippen molar-refractivity contribution < 1.29 is 13.6 Å². The number of nitrogens with zero attached hydrogens (tertiary/aromatic N) is 2. The molecule has 4 nitrogen and oxygen atoms in total. The molecule has 0 atom stereocenters. The summed E-state index contributed by atoms with van der Waals surface area (Å²) < 4.78 is 19.4. The molecule has 0 aliphatic heterocycles. The van der Waals surface area contributed by atoms with E-state index in [-0.39, 0.29) is 24.7 Å². The first-order valence-electron chi connectivity index (χ1n) is 8.22. The third-order valence-corrected chi connectivity index (χ3v) is 5.31. The van der Waals surface area contributed by atoms with Crippen molar-refractivity contribution >= 4 is 44.2 Å². The van der Waals surface area contributed by atoms with E-state index >= 15 is 0 Å². The van der Waals surface area contributed by atoms with Crippen molar-refractivity contribution in [2.45, 2.75) is 13.0 Å². The summed E-state index contributed by atoms with van der Waals surface area (Å²) in [5, 5.41) is 1.18. The topological polar surface area (TPSA) is 46.3 Å². The Kier molecular flexibility index (Phi) is 4.92. The van der Waals surface area contributed by atoms with Crippen LogP contribution < -0.4 is 4.90 Å². The second kappa shape index (κ2) is 7.50. The molecule has 4 rings (SSSR count). The molecular formula is C20H14ClFN2O2S. The number of anilines is 1. The van der Waals surface area contributed by atoms with Crippen LogP contribution in [-0.2, 0) is 17.8 Å².